The van der Waals surface area contributed by atoms with Gasteiger partial charge in [0.05, 0.1) is 0 Å². The summed E-state index contributed by atoms with van der Waals surface area (Å²) in [5, 5.41) is 0. The van der Waals surface area contributed by atoms with Gasteiger partial charge in [-0.2, -0.15) is 0 Å². The molecule has 2 aliphatic carbocycles. The van der Waals surface area contributed by atoms with E-state index in [1.165, 1.54) is 44.9 Å². The van der Waals surface area contributed by atoms with E-state index in [1.807, 2.05) is 0 Å². The molecular weight excluding hydrogens is 194 g/mol. The lowest BCUT2D eigenvalue weighted by Gasteiger charge is -2.47. The van der Waals surface area contributed by atoms with Crippen molar-refractivity contribution >= 4 is 0 Å². The lowest BCUT2D eigenvalue weighted by atomic mass is 9.62. The van der Waals surface area contributed by atoms with Crippen LogP contribution in [0.25, 0.3) is 0 Å². The van der Waals surface area contributed by atoms with Gasteiger partial charge in [-0.05, 0) is 55.8 Å². The Balaban J connectivity index is 2.01. The summed E-state index contributed by atoms with van der Waals surface area (Å²) in [4.78, 5) is 0. The van der Waals surface area contributed by atoms with Crippen LogP contribution in [0, 0.1) is 23.7 Å². The molecule has 16 heavy (non-hydrogen) atoms. The SMILES string of the molecule is CC1CCCC(C2(N)CCC(C)C(C)C2)C1. The number of hydrogen-bond acceptors (Lipinski definition) is 1. The molecule has 2 rings (SSSR count). The Kier molecular flexibility index (Phi) is 3.63. The van der Waals surface area contributed by atoms with Crippen LogP contribution in [0.2, 0.25) is 0 Å². The van der Waals surface area contributed by atoms with Crippen molar-refractivity contribution in [3.63, 3.8) is 0 Å². The van der Waals surface area contributed by atoms with E-state index >= 15 is 0 Å². The van der Waals surface area contributed by atoms with E-state index in [9.17, 15) is 0 Å². The molecule has 2 saturated carbocycles. The smallest absolute Gasteiger partial charge is 0.0185 e. The summed E-state index contributed by atoms with van der Waals surface area (Å²) in [6.07, 6.45) is 9.51. The minimum absolute atomic E-state index is 0.181. The summed E-state index contributed by atoms with van der Waals surface area (Å²) in [5.74, 6) is 3.44. The molecule has 5 atom stereocenters. The molecule has 0 saturated heterocycles. The van der Waals surface area contributed by atoms with E-state index < -0.39 is 0 Å². The second kappa shape index (κ2) is 4.68. The fourth-order valence-corrected chi connectivity index (χ4v) is 4.01. The molecule has 1 nitrogen and oxygen atoms in total. The summed E-state index contributed by atoms with van der Waals surface area (Å²) in [6.45, 7) is 7.20. The molecule has 94 valence electrons. The van der Waals surface area contributed by atoms with Crippen LogP contribution in [-0.2, 0) is 0 Å². The number of hydrogen-bond donors (Lipinski definition) is 1. The van der Waals surface area contributed by atoms with Gasteiger partial charge in [0.25, 0.3) is 0 Å². The first-order valence-electron chi connectivity index (χ1n) is 7.30. The van der Waals surface area contributed by atoms with E-state index in [0.717, 1.165) is 23.7 Å². The fourth-order valence-electron chi connectivity index (χ4n) is 4.01. The summed E-state index contributed by atoms with van der Waals surface area (Å²) in [7, 11) is 0. The van der Waals surface area contributed by atoms with Gasteiger partial charge in [-0.25, -0.2) is 0 Å². The fraction of sp³-hybridized carbons (Fsp3) is 1.00. The van der Waals surface area contributed by atoms with Gasteiger partial charge in [-0.3, -0.25) is 0 Å². The maximum Gasteiger partial charge on any atom is 0.0185 e. The maximum absolute atomic E-state index is 6.75. The van der Waals surface area contributed by atoms with Crippen LogP contribution in [0.1, 0.15) is 65.7 Å². The lowest BCUT2D eigenvalue weighted by Crippen LogP contribution is -2.52. The highest BCUT2D eigenvalue weighted by Gasteiger charge is 2.41. The second-order valence-electron chi connectivity index (χ2n) is 6.90. The van der Waals surface area contributed by atoms with Gasteiger partial charge < -0.3 is 5.73 Å². The van der Waals surface area contributed by atoms with Gasteiger partial charge in [-0.15, -0.1) is 0 Å². The molecule has 0 spiro atoms. The molecule has 0 aromatic carbocycles. The average Bonchev–Trinajstić information content (AvgIpc) is 2.24. The summed E-state index contributed by atoms with van der Waals surface area (Å²) in [5.41, 5.74) is 6.93. The van der Waals surface area contributed by atoms with Gasteiger partial charge in [0, 0.05) is 5.54 Å². The highest BCUT2D eigenvalue weighted by atomic mass is 14.8. The summed E-state index contributed by atoms with van der Waals surface area (Å²) >= 11 is 0. The van der Waals surface area contributed by atoms with Crippen molar-refractivity contribution in [2.45, 2.75) is 71.3 Å². The van der Waals surface area contributed by atoms with E-state index in [1.54, 1.807) is 0 Å². The number of nitrogens with two attached hydrogens (primary N) is 1. The Labute approximate surface area is 101 Å². The van der Waals surface area contributed by atoms with E-state index in [4.69, 9.17) is 5.73 Å². The second-order valence-corrected chi connectivity index (χ2v) is 6.90. The normalized spacial score (nSPS) is 50.2. The van der Waals surface area contributed by atoms with Crippen LogP contribution in [-0.4, -0.2) is 5.54 Å². The molecule has 2 N–H and O–H groups in total. The van der Waals surface area contributed by atoms with Crippen molar-refractivity contribution in [3.8, 4) is 0 Å². The maximum atomic E-state index is 6.75. The Morgan fingerprint density at radius 2 is 1.75 bits per heavy atom. The summed E-state index contributed by atoms with van der Waals surface area (Å²) < 4.78 is 0. The molecule has 0 radical (unpaired) electrons. The van der Waals surface area contributed by atoms with Crippen molar-refractivity contribution in [1.29, 1.82) is 0 Å². The molecule has 0 aromatic rings. The molecule has 0 aromatic heterocycles. The van der Waals surface area contributed by atoms with E-state index in [2.05, 4.69) is 20.8 Å². The molecule has 0 bridgehead atoms. The third-order valence-electron chi connectivity index (χ3n) is 5.49. The highest BCUT2D eigenvalue weighted by molar-refractivity contribution is 4.98. The first-order chi connectivity index (χ1) is 7.51. The van der Waals surface area contributed by atoms with E-state index in [0.29, 0.717) is 0 Å². The van der Waals surface area contributed by atoms with Gasteiger partial charge in [0.15, 0.2) is 0 Å². The molecule has 0 aliphatic heterocycles. The largest absolute Gasteiger partial charge is 0.325 e. The predicted molar refractivity (Wildman–Crippen MR) is 70.2 cm³/mol. The Hall–Kier alpha value is -0.0400. The molecule has 2 fully saturated rings. The Bertz CT molecular complexity index is 238. The standard InChI is InChI=1S/C15H29N/c1-11-5-4-6-14(9-11)15(16)8-7-12(2)13(3)10-15/h11-14H,4-10,16H2,1-3H3. The van der Waals surface area contributed by atoms with Crippen molar-refractivity contribution < 1.29 is 0 Å². The first kappa shape index (κ1) is 12.4. The molecule has 5 unspecified atom stereocenters. The molecule has 0 amide bonds. The average molecular weight is 223 g/mol. The van der Waals surface area contributed by atoms with Gasteiger partial charge in [0.2, 0.25) is 0 Å². The van der Waals surface area contributed by atoms with Gasteiger partial charge >= 0.3 is 0 Å². The molecule has 2 aliphatic rings. The van der Waals surface area contributed by atoms with Crippen LogP contribution >= 0.6 is 0 Å². The third-order valence-corrected chi connectivity index (χ3v) is 5.49. The molecule has 1 heteroatoms. The minimum atomic E-state index is 0.181. The molecule has 0 heterocycles. The van der Waals surface area contributed by atoms with Crippen LogP contribution in [0.15, 0.2) is 0 Å². The van der Waals surface area contributed by atoms with Crippen LogP contribution in [0.3, 0.4) is 0 Å². The molecular formula is C15H29N. The Morgan fingerprint density at radius 1 is 1.00 bits per heavy atom. The van der Waals surface area contributed by atoms with Crippen molar-refractivity contribution in [3.05, 3.63) is 0 Å². The topological polar surface area (TPSA) is 26.0 Å². The van der Waals surface area contributed by atoms with Crippen molar-refractivity contribution in [1.82, 2.24) is 0 Å². The third kappa shape index (κ3) is 2.45. The van der Waals surface area contributed by atoms with Crippen molar-refractivity contribution in [2.24, 2.45) is 29.4 Å². The zero-order valence-electron chi connectivity index (χ0n) is 11.3. The highest BCUT2D eigenvalue weighted by Crippen LogP contribution is 2.44. The van der Waals surface area contributed by atoms with Crippen LogP contribution < -0.4 is 5.73 Å². The lowest BCUT2D eigenvalue weighted by molar-refractivity contribution is 0.0849. The number of rotatable bonds is 1. The predicted octanol–water partition coefficient (Wildman–Crippen LogP) is 3.97. The zero-order chi connectivity index (χ0) is 11.8. The quantitative estimate of drug-likeness (QED) is 0.715. The first-order valence-corrected chi connectivity index (χ1v) is 7.30. The Morgan fingerprint density at radius 3 is 2.38 bits per heavy atom. The van der Waals surface area contributed by atoms with Gasteiger partial charge in [0.1, 0.15) is 0 Å². The summed E-state index contributed by atoms with van der Waals surface area (Å²) in [6, 6.07) is 0. The van der Waals surface area contributed by atoms with E-state index in [-0.39, 0.29) is 5.54 Å². The van der Waals surface area contributed by atoms with Crippen LogP contribution in [0.5, 0.6) is 0 Å². The monoisotopic (exact) mass is 223 g/mol. The minimum Gasteiger partial charge on any atom is -0.325 e. The van der Waals surface area contributed by atoms with Crippen molar-refractivity contribution in [2.75, 3.05) is 0 Å². The van der Waals surface area contributed by atoms with Crippen LogP contribution in [0.4, 0.5) is 0 Å². The zero-order valence-corrected chi connectivity index (χ0v) is 11.3. The van der Waals surface area contributed by atoms with Gasteiger partial charge in [-0.1, -0.05) is 33.6 Å².